The third kappa shape index (κ3) is 4.91. The summed E-state index contributed by atoms with van der Waals surface area (Å²) in [5, 5.41) is 1.97. The fourth-order valence-electron chi connectivity index (χ4n) is 1.16. The first-order valence-corrected chi connectivity index (χ1v) is 5.64. The van der Waals surface area contributed by atoms with Gasteiger partial charge in [0.1, 0.15) is 5.60 Å². The van der Waals surface area contributed by atoms with Crippen LogP contribution in [0.2, 0.25) is 5.02 Å². The number of rotatable bonds is 1. The molecule has 0 fully saturated rings. The van der Waals surface area contributed by atoms with Crippen molar-refractivity contribution in [1.29, 1.82) is 0 Å². The van der Waals surface area contributed by atoms with E-state index in [1.54, 1.807) is 0 Å². The summed E-state index contributed by atoms with van der Waals surface area (Å²) in [5.41, 5.74) is 0.773. The molecule has 3 nitrogen and oxygen atoms in total. The third-order valence-electron chi connectivity index (χ3n) is 1.92. The molecule has 1 aromatic carbocycles. The minimum atomic E-state index is -0.318. The first-order chi connectivity index (χ1) is 7.92. The molecular formula is C13H16ClNO2. The highest BCUT2D eigenvalue weighted by molar-refractivity contribution is 6.31. The van der Waals surface area contributed by atoms with Crippen LogP contribution in [-0.4, -0.2) is 17.1 Å². The van der Waals surface area contributed by atoms with Crippen LogP contribution >= 0.6 is 11.6 Å². The van der Waals surface area contributed by atoms with E-state index in [4.69, 9.17) is 11.6 Å². The fourth-order valence-corrected chi connectivity index (χ4v) is 1.34. The van der Waals surface area contributed by atoms with Crippen molar-refractivity contribution in [3.8, 4) is 0 Å². The Hall–Kier alpha value is -1.48. The van der Waals surface area contributed by atoms with Crippen molar-refractivity contribution in [2.24, 2.45) is 0 Å². The van der Waals surface area contributed by atoms with Crippen molar-refractivity contribution in [1.82, 2.24) is 4.98 Å². The van der Waals surface area contributed by atoms with Gasteiger partial charge in [-0.25, -0.2) is 0 Å². The van der Waals surface area contributed by atoms with Crippen molar-refractivity contribution >= 4 is 29.0 Å². The van der Waals surface area contributed by atoms with Crippen LogP contribution in [0.1, 0.15) is 20.8 Å². The van der Waals surface area contributed by atoms with E-state index < -0.39 is 0 Å². The molecule has 0 spiro atoms. The third-order valence-corrected chi connectivity index (χ3v) is 2.15. The highest BCUT2D eigenvalue weighted by Crippen LogP contribution is 2.16. The van der Waals surface area contributed by atoms with Crippen molar-refractivity contribution < 1.29 is 9.53 Å². The van der Waals surface area contributed by atoms with E-state index in [-0.39, 0.29) is 5.60 Å². The number of carbonyl (C=O) groups excluding carboxylic acids is 1. The van der Waals surface area contributed by atoms with Gasteiger partial charge >= 0.3 is 0 Å². The number of aromatic nitrogens is 1. The number of ether oxygens (including phenoxy) is 1. The Morgan fingerprint density at radius 1 is 1.29 bits per heavy atom. The Labute approximate surface area is 106 Å². The molecule has 4 heteroatoms. The van der Waals surface area contributed by atoms with Crippen molar-refractivity contribution in [2.75, 3.05) is 0 Å². The lowest BCUT2D eigenvalue weighted by atomic mass is 10.2. The predicted octanol–water partition coefficient (Wildman–Crippen LogP) is 3.78. The first kappa shape index (κ1) is 13.6. The number of carbonyl (C=O) groups is 1. The normalized spacial score (nSPS) is 10.6. The summed E-state index contributed by atoms with van der Waals surface area (Å²) in [6.45, 7) is 5.92. The Morgan fingerprint density at radius 2 is 2.00 bits per heavy atom. The first-order valence-electron chi connectivity index (χ1n) is 5.26. The number of benzene rings is 1. The zero-order valence-electron chi connectivity index (χ0n) is 10.2. The fraction of sp³-hybridized carbons (Fsp3) is 0.308. The van der Waals surface area contributed by atoms with Gasteiger partial charge in [0.15, 0.2) is 0 Å². The van der Waals surface area contributed by atoms with Crippen molar-refractivity contribution in [2.45, 2.75) is 26.4 Å². The molecule has 92 valence electrons. The molecule has 1 N–H and O–H groups in total. The minimum absolute atomic E-state index is 0.318. The Kier molecular flexibility index (Phi) is 4.58. The van der Waals surface area contributed by atoms with Gasteiger partial charge < -0.3 is 9.72 Å². The van der Waals surface area contributed by atoms with E-state index in [1.165, 1.54) is 5.39 Å². The monoisotopic (exact) mass is 253 g/mol. The summed E-state index contributed by atoms with van der Waals surface area (Å²) in [5.74, 6) is 0. The Balaban J connectivity index is 0.000000185. The number of halogens is 1. The lowest BCUT2D eigenvalue weighted by molar-refractivity contribution is -0.138. The van der Waals surface area contributed by atoms with Gasteiger partial charge in [0.05, 0.1) is 0 Å². The van der Waals surface area contributed by atoms with E-state index in [9.17, 15) is 4.79 Å². The molecule has 17 heavy (non-hydrogen) atoms. The second-order valence-corrected chi connectivity index (χ2v) is 4.97. The van der Waals surface area contributed by atoms with Crippen LogP contribution in [0.3, 0.4) is 0 Å². The number of nitrogens with one attached hydrogen (secondary N) is 1. The van der Waals surface area contributed by atoms with Crippen LogP contribution in [0.25, 0.3) is 10.9 Å². The minimum Gasteiger partial charge on any atom is -0.462 e. The highest BCUT2D eigenvalue weighted by atomic mass is 35.5. The van der Waals surface area contributed by atoms with Crippen molar-refractivity contribution in [3.63, 3.8) is 0 Å². The molecule has 2 rings (SSSR count). The van der Waals surface area contributed by atoms with Gasteiger partial charge in [-0.1, -0.05) is 17.7 Å². The van der Waals surface area contributed by atoms with Crippen LogP contribution in [0.4, 0.5) is 0 Å². The van der Waals surface area contributed by atoms with Gasteiger partial charge in [-0.15, -0.1) is 0 Å². The lowest BCUT2D eigenvalue weighted by Crippen LogP contribution is -2.17. The van der Waals surface area contributed by atoms with E-state index in [0.717, 1.165) is 10.5 Å². The number of hydrogen-bond donors (Lipinski definition) is 1. The molecule has 0 bridgehead atoms. The molecular weight excluding hydrogens is 238 g/mol. The SMILES string of the molecule is CC(C)(C)OC=O.Clc1ccc2cc[nH]c2c1. The average Bonchev–Trinajstić information content (AvgIpc) is 2.63. The molecule has 0 aliphatic carbocycles. The molecule has 0 saturated heterocycles. The lowest BCUT2D eigenvalue weighted by Gasteiger charge is -2.14. The largest absolute Gasteiger partial charge is 0.462 e. The van der Waals surface area contributed by atoms with Crippen LogP contribution in [0.15, 0.2) is 30.5 Å². The maximum atomic E-state index is 9.60. The van der Waals surface area contributed by atoms with Gasteiger partial charge in [-0.05, 0) is 44.4 Å². The zero-order chi connectivity index (χ0) is 12.9. The van der Waals surface area contributed by atoms with Gasteiger partial charge in [-0.2, -0.15) is 0 Å². The molecule has 2 aromatic rings. The van der Waals surface area contributed by atoms with Crippen LogP contribution in [0, 0.1) is 0 Å². The van der Waals surface area contributed by atoms with Crippen LogP contribution in [-0.2, 0) is 9.53 Å². The Bertz CT molecular complexity index is 485. The Morgan fingerprint density at radius 3 is 2.53 bits per heavy atom. The summed E-state index contributed by atoms with van der Waals surface area (Å²) >= 11 is 5.76. The van der Waals surface area contributed by atoms with E-state index in [1.807, 2.05) is 51.2 Å². The number of H-pyrrole nitrogens is 1. The molecule has 1 aromatic heterocycles. The summed E-state index contributed by atoms with van der Waals surface area (Å²) in [7, 11) is 0. The summed E-state index contributed by atoms with van der Waals surface area (Å²) < 4.78 is 4.55. The van der Waals surface area contributed by atoms with Gasteiger partial charge in [0, 0.05) is 16.7 Å². The van der Waals surface area contributed by atoms with Crippen LogP contribution in [0.5, 0.6) is 0 Å². The number of aromatic amines is 1. The van der Waals surface area contributed by atoms with E-state index in [0.29, 0.717) is 6.47 Å². The highest BCUT2D eigenvalue weighted by Gasteiger charge is 2.07. The topological polar surface area (TPSA) is 42.1 Å². The molecule has 0 amide bonds. The quantitative estimate of drug-likeness (QED) is 0.786. The van der Waals surface area contributed by atoms with Gasteiger partial charge in [0.25, 0.3) is 6.47 Å². The van der Waals surface area contributed by atoms with Gasteiger partial charge in [-0.3, -0.25) is 4.79 Å². The molecule has 0 atom stereocenters. The molecule has 0 saturated carbocycles. The zero-order valence-corrected chi connectivity index (χ0v) is 10.9. The number of fused-ring (bicyclic) bond motifs is 1. The predicted molar refractivity (Wildman–Crippen MR) is 70.2 cm³/mol. The average molecular weight is 254 g/mol. The molecule has 0 aliphatic rings. The summed E-state index contributed by atoms with van der Waals surface area (Å²) in [4.78, 5) is 12.7. The molecule has 0 aliphatic heterocycles. The standard InChI is InChI=1S/C8H6ClN.C5H10O2/c9-7-2-1-6-3-4-10-8(6)5-7;1-5(2,3)7-4-6/h1-5,10H;4H,1-3H3. The summed E-state index contributed by atoms with van der Waals surface area (Å²) in [6.07, 6.45) is 1.90. The second-order valence-electron chi connectivity index (χ2n) is 4.54. The molecule has 0 unspecified atom stereocenters. The molecule has 1 heterocycles. The van der Waals surface area contributed by atoms with Gasteiger partial charge in [0.2, 0.25) is 0 Å². The number of hydrogen-bond acceptors (Lipinski definition) is 2. The van der Waals surface area contributed by atoms with Crippen LogP contribution < -0.4 is 0 Å². The smallest absolute Gasteiger partial charge is 0.293 e. The van der Waals surface area contributed by atoms with Crippen molar-refractivity contribution in [3.05, 3.63) is 35.5 Å². The summed E-state index contributed by atoms with van der Waals surface area (Å²) in [6, 6.07) is 7.81. The van der Waals surface area contributed by atoms with E-state index in [2.05, 4.69) is 9.72 Å². The maximum Gasteiger partial charge on any atom is 0.293 e. The molecule has 0 radical (unpaired) electrons. The maximum absolute atomic E-state index is 9.60. The van der Waals surface area contributed by atoms with E-state index >= 15 is 0 Å². The second kappa shape index (κ2) is 5.73.